The zero-order valence-corrected chi connectivity index (χ0v) is 50.7. The number of furan rings is 2. The van der Waals surface area contributed by atoms with Gasteiger partial charge in [0.25, 0.3) is 6.71 Å². The normalized spacial score (nSPS) is 13.0. The lowest BCUT2D eigenvalue weighted by molar-refractivity contribution is 0.590. The summed E-state index contributed by atoms with van der Waals surface area (Å²) in [5.74, 6) is 0. The van der Waals surface area contributed by atoms with Crippen molar-refractivity contribution in [2.75, 3.05) is 19.6 Å². The van der Waals surface area contributed by atoms with Gasteiger partial charge in [0.1, 0.15) is 22.3 Å². The van der Waals surface area contributed by atoms with E-state index in [0.717, 1.165) is 106 Å². The molecule has 0 amide bonds. The van der Waals surface area contributed by atoms with Crippen LogP contribution in [0, 0.1) is 0 Å². The molecule has 0 saturated carbocycles. The highest BCUT2D eigenvalue weighted by Crippen LogP contribution is 2.53. The van der Waals surface area contributed by atoms with Gasteiger partial charge < -0.3 is 28.4 Å². The molecule has 0 spiro atoms. The van der Waals surface area contributed by atoms with Gasteiger partial charge in [0.2, 0.25) is 0 Å². The van der Waals surface area contributed by atoms with E-state index < -0.39 is 0 Å². The van der Waals surface area contributed by atoms with E-state index in [4.69, 9.17) is 8.83 Å². The van der Waals surface area contributed by atoms with Crippen LogP contribution in [-0.2, 0) is 10.8 Å². The SMILES string of the molecule is CC(C)(C)c1ccc(N2c3cc(N(c4ccc5oc6ccccc6c5c4)c4ccc5oc6ccccc6c5c4)ccc3B3c4ccc5sc6ccccc6c5c4N(c4ccc(C(C)(C)C)cc4)c4cc(N(c5ccccc5)c5ccccc5)cc2c43)cc1. The zero-order valence-electron chi connectivity index (χ0n) is 49.9. The topological polar surface area (TPSA) is 39.2 Å². The first-order chi connectivity index (χ1) is 42.9. The third-order valence-electron chi connectivity index (χ3n) is 18.3. The Balaban J connectivity index is 0.990. The summed E-state index contributed by atoms with van der Waals surface area (Å²) in [6, 6.07) is 96.5. The Morgan fingerprint density at radius 2 is 0.784 bits per heavy atom. The summed E-state index contributed by atoms with van der Waals surface area (Å²) < 4.78 is 15.5. The molecule has 0 N–H and O–H groups in total. The van der Waals surface area contributed by atoms with Gasteiger partial charge in [-0.25, -0.2) is 0 Å². The Morgan fingerprint density at radius 3 is 1.35 bits per heavy atom. The fourth-order valence-corrected chi connectivity index (χ4v) is 15.2. The smallest absolute Gasteiger partial charge is 0.252 e. The van der Waals surface area contributed by atoms with Crippen LogP contribution in [0.4, 0.5) is 68.2 Å². The average molecular weight is 1150 g/mol. The third-order valence-corrected chi connectivity index (χ3v) is 19.4. The van der Waals surface area contributed by atoms with E-state index in [9.17, 15) is 0 Å². The van der Waals surface area contributed by atoms with E-state index in [1.165, 1.54) is 53.4 Å². The number of hydrogen-bond acceptors (Lipinski definition) is 7. The largest absolute Gasteiger partial charge is 0.456 e. The Bertz CT molecular complexity index is 5110. The van der Waals surface area contributed by atoms with Crippen molar-refractivity contribution in [2.24, 2.45) is 0 Å². The summed E-state index contributed by atoms with van der Waals surface area (Å²) in [5.41, 5.74) is 22.6. The van der Waals surface area contributed by atoms with Gasteiger partial charge >= 0.3 is 0 Å². The number of anilines is 12. The van der Waals surface area contributed by atoms with E-state index in [-0.39, 0.29) is 17.5 Å². The standard InChI is InChI=1S/C80H61BN4O2S/c1-79(2,3)50-29-33-54(34-30-50)84-67-47-58(83(56-38-42-72-63(45-56)60-23-13-16-26-70(60)86-72)57-39-43-73-64(46-57)61-24-14-17-27-71(61)87-73)37-40-65(67)81-66-41-44-75-76(62-25-15-18-28-74(62)88-75)78(66)85(55-35-31-51(32-36-55)80(4,5)6)69-49-59(48-68(84)77(69)81)82(52-19-9-7-10-20-52)53-21-11-8-12-22-53/h7-49H,1-6H3. The fraction of sp³-hybridized carbons (Fsp3) is 0.100. The molecule has 6 nitrogen and oxygen atoms in total. The molecular weight excluding hydrogens is 1090 g/mol. The van der Waals surface area contributed by atoms with Crippen molar-refractivity contribution in [1.82, 2.24) is 0 Å². The number of thiophene rings is 1. The summed E-state index contributed by atoms with van der Waals surface area (Å²) in [4.78, 5) is 10.0. The van der Waals surface area contributed by atoms with Crippen LogP contribution in [-0.4, -0.2) is 6.71 Å². The van der Waals surface area contributed by atoms with E-state index in [1.54, 1.807) is 0 Å². The quantitative estimate of drug-likeness (QED) is 0.141. The molecule has 12 aromatic carbocycles. The molecule has 0 saturated heterocycles. The van der Waals surface area contributed by atoms with Gasteiger partial charge in [-0.15, -0.1) is 11.3 Å². The number of hydrogen-bond donors (Lipinski definition) is 0. The summed E-state index contributed by atoms with van der Waals surface area (Å²) in [6.45, 7) is 13.6. The highest BCUT2D eigenvalue weighted by Gasteiger charge is 2.45. The van der Waals surface area contributed by atoms with Gasteiger partial charge in [0.05, 0.1) is 11.4 Å². The second-order valence-electron chi connectivity index (χ2n) is 25.7. The summed E-state index contributed by atoms with van der Waals surface area (Å²) in [5, 5.41) is 6.81. The van der Waals surface area contributed by atoms with Crippen molar-refractivity contribution in [3.05, 3.63) is 272 Å². The van der Waals surface area contributed by atoms with Crippen LogP contribution in [0.2, 0.25) is 0 Å². The van der Waals surface area contributed by atoms with E-state index in [2.05, 4.69) is 310 Å². The van der Waals surface area contributed by atoms with Gasteiger partial charge in [-0.3, -0.25) is 0 Å². The fourth-order valence-electron chi connectivity index (χ4n) is 14.1. The van der Waals surface area contributed by atoms with Crippen LogP contribution in [0.15, 0.2) is 270 Å². The molecule has 5 heterocycles. The number of nitrogens with zero attached hydrogens (tertiary/aromatic N) is 4. The predicted molar refractivity (Wildman–Crippen MR) is 375 cm³/mol. The lowest BCUT2D eigenvalue weighted by Crippen LogP contribution is -2.61. The van der Waals surface area contributed by atoms with Crippen molar-refractivity contribution in [3.8, 4) is 0 Å². The zero-order chi connectivity index (χ0) is 59.2. The summed E-state index contributed by atoms with van der Waals surface area (Å²) in [7, 11) is 0. The van der Waals surface area contributed by atoms with Crippen molar-refractivity contribution >= 4 is 167 Å². The van der Waals surface area contributed by atoms with Crippen molar-refractivity contribution < 1.29 is 8.83 Å². The second-order valence-corrected chi connectivity index (χ2v) is 26.8. The number of benzene rings is 12. The Labute approximate surface area is 516 Å². The average Bonchev–Trinajstić information content (AvgIpc) is 0.815. The van der Waals surface area contributed by atoms with Crippen LogP contribution < -0.4 is 36.0 Å². The summed E-state index contributed by atoms with van der Waals surface area (Å²) in [6.07, 6.45) is 0. The minimum atomic E-state index is -0.172. The van der Waals surface area contributed by atoms with Crippen LogP contribution in [0.5, 0.6) is 0 Å². The Hall–Kier alpha value is -10.3. The van der Waals surface area contributed by atoms with Crippen LogP contribution in [0.25, 0.3) is 64.0 Å². The first-order valence-corrected chi connectivity index (χ1v) is 31.3. The molecule has 88 heavy (non-hydrogen) atoms. The molecule has 0 bridgehead atoms. The molecule has 0 atom stereocenters. The van der Waals surface area contributed by atoms with Crippen molar-refractivity contribution in [3.63, 3.8) is 0 Å². The lowest BCUT2D eigenvalue weighted by Gasteiger charge is -2.45. The number of rotatable bonds is 8. The maximum Gasteiger partial charge on any atom is 0.252 e. The maximum absolute atomic E-state index is 6.50. The van der Waals surface area contributed by atoms with Crippen LogP contribution in [0.3, 0.4) is 0 Å². The molecule has 0 fully saturated rings. The monoisotopic (exact) mass is 1150 g/mol. The minimum absolute atomic E-state index is 0.0346. The first-order valence-electron chi connectivity index (χ1n) is 30.5. The van der Waals surface area contributed by atoms with Gasteiger partial charge in [0, 0.05) is 98.6 Å². The van der Waals surface area contributed by atoms with E-state index in [1.807, 2.05) is 23.5 Å². The van der Waals surface area contributed by atoms with Crippen molar-refractivity contribution in [1.29, 1.82) is 0 Å². The second kappa shape index (κ2) is 19.6. The van der Waals surface area contributed by atoms with Gasteiger partial charge in [-0.1, -0.05) is 169 Å². The molecule has 0 aliphatic carbocycles. The molecule has 3 aromatic heterocycles. The lowest BCUT2D eigenvalue weighted by atomic mass is 9.33. The minimum Gasteiger partial charge on any atom is -0.456 e. The Kier molecular flexibility index (Phi) is 11.6. The molecule has 422 valence electrons. The molecule has 0 unspecified atom stereocenters. The highest BCUT2D eigenvalue weighted by molar-refractivity contribution is 7.26. The van der Waals surface area contributed by atoms with Gasteiger partial charge in [-0.05, 0) is 172 Å². The van der Waals surface area contributed by atoms with Gasteiger partial charge in [0.15, 0.2) is 0 Å². The summed E-state index contributed by atoms with van der Waals surface area (Å²) >= 11 is 1.88. The molecular formula is C80H61BN4O2S. The Morgan fingerprint density at radius 1 is 0.341 bits per heavy atom. The van der Waals surface area contributed by atoms with E-state index in [0.29, 0.717) is 0 Å². The molecule has 2 aliphatic rings. The molecule has 0 radical (unpaired) electrons. The molecule has 8 heteroatoms. The third kappa shape index (κ3) is 8.23. The number of para-hydroxylation sites is 4. The predicted octanol–water partition coefficient (Wildman–Crippen LogP) is 21.5. The molecule has 2 aliphatic heterocycles. The first kappa shape index (κ1) is 52.1. The van der Waals surface area contributed by atoms with Crippen LogP contribution in [0.1, 0.15) is 52.7 Å². The molecule has 17 rings (SSSR count). The van der Waals surface area contributed by atoms with Crippen LogP contribution >= 0.6 is 11.3 Å². The van der Waals surface area contributed by atoms with Crippen molar-refractivity contribution in [2.45, 2.75) is 52.4 Å². The highest BCUT2D eigenvalue weighted by atomic mass is 32.1. The van der Waals surface area contributed by atoms with Gasteiger partial charge in [-0.2, -0.15) is 0 Å². The van der Waals surface area contributed by atoms with E-state index >= 15 is 0 Å². The number of fused-ring (bicyclic) bond motifs is 14. The maximum atomic E-state index is 6.50. The molecule has 15 aromatic rings.